The lowest BCUT2D eigenvalue weighted by Crippen LogP contribution is -1.86. The van der Waals surface area contributed by atoms with Crippen LogP contribution in [0.3, 0.4) is 0 Å². The summed E-state index contributed by atoms with van der Waals surface area (Å²) in [6.07, 6.45) is 6.43. The fourth-order valence-electron chi connectivity index (χ4n) is 0.846. The Labute approximate surface area is 69.3 Å². The van der Waals surface area contributed by atoms with Gasteiger partial charge < -0.3 is 4.42 Å². The van der Waals surface area contributed by atoms with Crippen LogP contribution in [0.1, 0.15) is 5.56 Å². The van der Waals surface area contributed by atoms with E-state index in [9.17, 15) is 0 Å². The molecule has 60 valence electrons. The third-order valence-corrected chi connectivity index (χ3v) is 1.43. The summed E-state index contributed by atoms with van der Waals surface area (Å²) in [7, 11) is 0. The van der Waals surface area contributed by atoms with E-state index in [-0.39, 0.29) is 0 Å². The topological polar surface area (TPSA) is 51.8 Å². The summed E-state index contributed by atoms with van der Waals surface area (Å²) in [5, 5.41) is 0. The summed E-state index contributed by atoms with van der Waals surface area (Å²) in [6, 6.07) is 0. The number of hydrogen-bond donors (Lipinski definition) is 0. The lowest BCUT2D eigenvalue weighted by Gasteiger charge is -1.93. The van der Waals surface area contributed by atoms with Crippen molar-refractivity contribution in [3.05, 3.63) is 30.5 Å². The van der Waals surface area contributed by atoms with Crippen LogP contribution >= 0.6 is 0 Å². The van der Waals surface area contributed by atoms with Gasteiger partial charge in [0.1, 0.15) is 0 Å². The molecule has 0 atom stereocenters. The molecular weight excluding hydrogens is 154 g/mol. The molecule has 4 nitrogen and oxygen atoms in total. The number of aromatic nitrogens is 3. The third kappa shape index (κ3) is 1.18. The lowest BCUT2D eigenvalue weighted by molar-refractivity contribution is 0.567. The Morgan fingerprint density at radius 2 is 1.92 bits per heavy atom. The molecule has 0 unspecified atom stereocenters. The Kier molecular flexibility index (Phi) is 1.59. The van der Waals surface area contributed by atoms with Crippen molar-refractivity contribution in [1.29, 1.82) is 0 Å². The summed E-state index contributed by atoms with van der Waals surface area (Å²) in [6.45, 7) is 1.93. The van der Waals surface area contributed by atoms with E-state index in [0.717, 1.165) is 5.56 Å². The number of oxazole rings is 1. The standard InChI is InChI=1S/C8H7N3O/c1-6-2-10-8(11-3-6)7-4-9-5-12-7/h2-5H,1H3. The van der Waals surface area contributed by atoms with Gasteiger partial charge in [0.05, 0.1) is 6.20 Å². The first-order chi connectivity index (χ1) is 5.86. The smallest absolute Gasteiger partial charge is 0.197 e. The van der Waals surface area contributed by atoms with Crippen molar-refractivity contribution >= 4 is 0 Å². The molecule has 0 N–H and O–H groups in total. The van der Waals surface area contributed by atoms with Crippen molar-refractivity contribution in [2.24, 2.45) is 0 Å². The van der Waals surface area contributed by atoms with Crippen LogP contribution in [0.4, 0.5) is 0 Å². The molecule has 2 aromatic heterocycles. The van der Waals surface area contributed by atoms with Crippen molar-refractivity contribution in [2.75, 3.05) is 0 Å². The van der Waals surface area contributed by atoms with Crippen LogP contribution in [0.25, 0.3) is 11.6 Å². The Morgan fingerprint density at radius 1 is 1.17 bits per heavy atom. The predicted octanol–water partition coefficient (Wildman–Crippen LogP) is 1.44. The first kappa shape index (κ1) is 6.97. The van der Waals surface area contributed by atoms with Crippen molar-refractivity contribution in [1.82, 2.24) is 15.0 Å². The summed E-state index contributed by atoms with van der Waals surface area (Å²) in [4.78, 5) is 11.9. The quantitative estimate of drug-likeness (QED) is 0.635. The van der Waals surface area contributed by atoms with Gasteiger partial charge in [0.2, 0.25) is 0 Å². The van der Waals surface area contributed by atoms with Gasteiger partial charge >= 0.3 is 0 Å². The average Bonchev–Trinajstić information content (AvgIpc) is 2.58. The minimum Gasteiger partial charge on any atom is -0.440 e. The van der Waals surface area contributed by atoms with Gasteiger partial charge in [-0.2, -0.15) is 0 Å². The van der Waals surface area contributed by atoms with Gasteiger partial charge in [-0.25, -0.2) is 15.0 Å². The highest BCUT2D eigenvalue weighted by molar-refractivity contribution is 5.43. The molecule has 2 aromatic rings. The lowest BCUT2D eigenvalue weighted by atomic mass is 10.4. The van der Waals surface area contributed by atoms with Gasteiger partial charge in [-0.3, -0.25) is 0 Å². The highest BCUT2D eigenvalue weighted by Gasteiger charge is 2.02. The fourth-order valence-corrected chi connectivity index (χ4v) is 0.846. The average molecular weight is 161 g/mol. The maximum Gasteiger partial charge on any atom is 0.197 e. The minimum absolute atomic E-state index is 0.568. The van der Waals surface area contributed by atoms with E-state index >= 15 is 0 Å². The number of aryl methyl sites for hydroxylation is 1. The number of rotatable bonds is 1. The maximum atomic E-state index is 5.02. The fraction of sp³-hybridized carbons (Fsp3) is 0.125. The molecule has 0 spiro atoms. The van der Waals surface area contributed by atoms with Gasteiger partial charge in [0.25, 0.3) is 0 Å². The molecule has 0 bridgehead atoms. The van der Waals surface area contributed by atoms with E-state index in [2.05, 4.69) is 15.0 Å². The van der Waals surface area contributed by atoms with E-state index in [1.54, 1.807) is 18.6 Å². The highest BCUT2D eigenvalue weighted by atomic mass is 16.3. The predicted molar refractivity (Wildman–Crippen MR) is 42.3 cm³/mol. The zero-order valence-electron chi connectivity index (χ0n) is 6.56. The Balaban J connectivity index is 2.43. The van der Waals surface area contributed by atoms with Crippen LogP contribution in [0.15, 0.2) is 29.4 Å². The zero-order chi connectivity index (χ0) is 8.39. The first-order valence-electron chi connectivity index (χ1n) is 3.54. The van der Waals surface area contributed by atoms with Crippen LogP contribution in [0, 0.1) is 6.92 Å². The van der Waals surface area contributed by atoms with Crippen LogP contribution in [-0.2, 0) is 0 Å². The van der Waals surface area contributed by atoms with Crippen molar-refractivity contribution in [3.8, 4) is 11.6 Å². The van der Waals surface area contributed by atoms with Gasteiger partial charge in [-0.1, -0.05) is 0 Å². The van der Waals surface area contributed by atoms with Gasteiger partial charge in [-0.05, 0) is 12.5 Å². The normalized spacial score (nSPS) is 10.1. The first-order valence-corrected chi connectivity index (χ1v) is 3.54. The van der Waals surface area contributed by atoms with E-state index in [1.807, 2.05) is 6.92 Å². The van der Waals surface area contributed by atoms with E-state index in [4.69, 9.17) is 4.42 Å². The molecule has 12 heavy (non-hydrogen) atoms. The van der Waals surface area contributed by atoms with Crippen LogP contribution in [-0.4, -0.2) is 15.0 Å². The molecular formula is C8H7N3O. The minimum atomic E-state index is 0.568. The second kappa shape index (κ2) is 2.73. The monoisotopic (exact) mass is 161 g/mol. The molecule has 0 aliphatic rings. The molecule has 4 heteroatoms. The van der Waals surface area contributed by atoms with Gasteiger partial charge in [0.15, 0.2) is 18.0 Å². The molecule has 0 saturated carbocycles. The number of hydrogen-bond acceptors (Lipinski definition) is 4. The SMILES string of the molecule is Cc1cnc(-c2cnco2)nc1. The summed E-state index contributed by atoms with van der Waals surface area (Å²) >= 11 is 0. The van der Waals surface area contributed by atoms with E-state index in [1.165, 1.54) is 6.39 Å². The zero-order valence-corrected chi connectivity index (χ0v) is 6.56. The molecule has 0 radical (unpaired) electrons. The van der Waals surface area contributed by atoms with E-state index in [0.29, 0.717) is 11.6 Å². The van der Waals surface area contributed by atoms with Gasteiger partial charge in [-0.15, -0.1) is 0 Å². The maximum absolute atomic E-state index is 5.02. The van der Waals surface area contributed by atoms with Crippen LogP contribution in [0.5, 0.6) is 0 Å². The summed E-state index contributed by atoms with van der Waals surface area (Å²) in [5.41, 5.74) is 1.03. The molecule has 0 saturated heterocycles. The second-order valence-corrected chi connectivity index (χ2v) is 2.45. The highest BCUT2D eigenvalue weighted by Crippen LogP contribution is 2.11. The Hall–Kier alpha value is -1.71. The summed E-state index contributed by atoms with van der Waals surface area (Å²) < 4.78 is 5.02. The Bertz CT molecular complexity index is 352. The van der Waals surface area contributed by atoms with Crippen molar-refractivity contribution < 1.29 is 4.42 Å². The van der Waals surface area contributed by atoms with Crippen LogP contribution < -0.4 is 0 Å². The summed E-state index contributed by atoms with van der Waals surface area (Å²) in [5.74, 6) is 1.16. The van der Waals surface area contributed by atoms with Crippen LogP contribution in [0.2, 0.25) is 0 Å². The molecule has 0 aliphatic carbocycles. The Morgan fingerprint density at radius 3 is 2.50 bits per heavy atom. The third-order valence-electron chi connectivity index (χ3n) is 1.43. The number of nitrogens with zero attached hydrogens (tertiary/aromatic N) is 3. The molecule has 0 fully saturated rings. The second-order valence-electron chi connectivity index (χ2n) is 2.45. The van der Waals surface area contributed by atoms with Gasteiger partial charge in [0, 0.05) is 12.4 Å². The molecule has 0 aliphatic heterocycles. The molecule has 0 aromatic carbocycles. The largest absolute Gasteiger partial charge is 0.440 e. The molecule has 2 heterocycles. The molecule has 0 amide bonds. The van der Waals surface area contributed by atoms with E-state index < -0.39 is 0 Å². The van der Waals surface area contributed by atoms with Crippen molar-refractivity contribution in [2.45, 2.75) is 6.92 Å². The van der Waals surface area contributed by atoms with Crippen molar-refractivity contribution in [3.63, 3.8) is 0 Å². The molecule has 2 rings (SSSR count).